The third kappa shape index (κ3) is 2.64. The van der Waals surface area contributed by atoms with Crippen LogP contribution >= 0.6 is 0 Å². The third-order valence-corrected chi connectivity index (χ3v) is 3.01. The van der Waals surface area contributed by atoms with E-state index in [4.69, 9.17) is 14.2 Å². The summed E-state index contributed by atoms with van der Waals surface area (Å²) in [5, 5.41) is 12.0. The van der Waals surface area contributed by atoms with Gasteiger partial charge in [-0.05, 0) is 37.6 Å². The van der Waals surface area contributed by atoms with Gasteiger partial charge in [0.1, 0.15) is 5.75 Å². The Bertz CT molecular complexity index is 620. The predicted octanol–water partition coefficient (Wildman–Crippen LogP) is 4.26. The van der Waals surface area contributed by atoms with Gasteiger partial charge in [-0.2, -0.15) is 0 Å². The SMILES string of the molecule is COc1ccc([O])c(Oc2ccc(C)cc2C)c1OC. The van der Waals surface area contributed by atoms with Gasteiger partial charge in [0.2, 0.25) is 17.2 Å². The van der Waals surface area contributed by atoms with Crippen LogP contribution in [0.1, 0.15) is 11.1 Å². The number of benzene rings is 2. The van der Waals surface area contributed by atoms with Gasteiger partial charge >= 0.3 is 0 Å². The molecule has 0 aliphatic heterocycles. The fraction of sp³-hybridized carbons (Fsp3) is 0.250. The van der Waals surface area contributed by atoms with Gasteiger partial charge in [0.05, 0.1) is 14.2 Å². The topological polar surface area (TPSA) is 47.6 Å². The summed E-state index contributed by atoms with van der Waals surface area (Å²) in [5.41, 5.74) is 2.09. The summed E-state index contributed by atoms with van der Waals surface area (Å²) < 4.78 is 16.2. The van der Waals surface area contributed by atoms with Crippen molar-refractivity contribution in [3.63, 3.8) is 0 Å². The predicted molar refractivity (Wildman–Crippen MR) is 75.7 cm³/mol. The van der Waals surface area contributed by atoms with Crippen molar-refractivity contribution in [2.75, 3.05) is 14.2 Å². The summed E-state index contributed by atoms with van der Waals surface area (Å²) in [6.45, 7) is 3.93. The Morgan fingerprint density at radius 1 is 0.850 bits per heavy atom. The number of methoxy groups -OCH3 is 2. The van der Waals surface area contributed by atoms with E-state index in [-0.39, 0.29) is 11.5 Å². The maximum Gasteiger partial charge on any atom is 0.225 e. The minimum atomic E-state index is -0.248. The van der Waals surface area contributed by atoms with Crippen LogP contribution in [0.2, 0.25) is 0 Å². The molecule has 0 aromatic heterocycles. The maximum absolute atomic E-state index is 12.0. The molecule has 0 aliphatic rings. The Kier molecular flexibility index (Phi) is 4.03. The van der Waals surface area contributed by atoms with E-state index < -0.39 is 0 Å². The van der Waals surface area contributed by atoms with Crippen molar-refractivity contribution >= 4 is 0 Å². The van der Waals surface area contributed by atoms with E-state index in [1.807, 2.05) is 32.0 Å². The molecule has 2 aromatic rings. The van der Waals surface area contributed by atoms with Gasteiger partial charge in [0.25, 0.3) is 0 Å². The highest BCUT2D eigenvalue weighted by molar-refractivity contribution is 5.60. The molecule has 0 heterocycles. The van der Waals surface area contributed by atoms with Gasteiger partial charge in [0, 0.05) is 0 Å². The molecule has 0 aliphatic carbocycles. The van der Waals surface area contributed by atoms with Gasteiger partial charge in [-0.15, -0.1) is 0 Å². The molecule has 0 saturated carbocycles. The summed E-state index contributed by atoms with van der Waals surface area (Å²) in [6.07, 6.45) is 0. The Labute approximate surface area is 118 Å². The second-order valence-corrected chi connectivity index (χ2v) is 4.50. The normalized spacial score (nSPS) is 10.2. The van der Waals surface area contributed by atoms with Crippen LogP contribution in [0.4, 0.5) is 0 Å². The van der Waals surface area contributed by atoms with Crippen LogP contribution in [-0.2, 0) is 5.11 Å². The third-order valence-electron chi connectivity index (χ3n) is 3.01. The van der Waals surface area contributed by atoms with Crippen LogP contribution in [-0.4, -0.2) is 14.2 Å². The lowest BCUT2D eigenvalue weighted by Gasteiger charge is -2.15. The lowest BCUT2D eigenvalue weighted by molar-refractivity contribution is 0.300. The van der Waals surface area contributed by atoms with Crippen molar-refractivity contribution in [1.29, 1.82) is 0 Å². The minimum Gasteiger partial charge on any atom is -0.493 e. The number of aryl methyl sites for hydroxylation is 2. The lowest BCUT2D eigenvalue weighted by atomic mass is 10.1. The molecule has 0 saturated heterocycles. The van der Waals surface area contributed by atoms with Gasteiger partial charge in [-0.25, -0.2) is 0 Å². The molecule has 4 heteroatoms. The highest BCUT2D eigenvalue weighted by atomic mass is 16.5. The quantitative estimate of drug-likeness (QED) is 0.836. The van der Waals surface area contributed by atoms with Crippen molar-refractivity contribution in [1.82, 2.24) is 0 Å². The second kappa shape index (κ2) is 5.74. The summed E-state index contributed by atoms with van der Waals surface area (Å²) in [7, 11) is 3.00. The Balaban J connectivity index is 2.47. The van der Waals surface area contributed by atoms with Crippen LogP contribution in [0.5, 0.6) is 28.7 Å². The largest absolute Gasteiger partial charge is 0.493 e. The molecular formula is C16H17O4. The van der Waals surface area contributed by atoms with Crippen LogP contribution in [0.25, 0.3) is 0 Å². The molecule has 105 valence electrons. The average Bonchev–Trinajstić information content (AvgIpc) is 2.43. The smallest absolute Gasteiger partial charge is 0.225 e. The maximum atomic E-state index is 12.0. The number of ether oxygens (including phenoxy) is 3. The summed E-state index contributed by atoms with van der Waals surface area (Å²) in [4.78, 5) is 0. The highest BCUT2D eigenvalue weighted by Gasteiger charge is 2.19. The molecule has 0 atom stereocenters. The molecule has 0 fully saturated rings. The Morgan fingerprint density at radius 3 is 2.15 bits per heavy atom. The van der Waals surface area contributed by atoms with Gasteiger partial charge in [0.15, 0.2) is 5.75 Å². The van der Waals surface area contributed by atoms with E-state index in [1.54, 1.807) is 6.07 Å². The summed E-state index contributed by atoms with van der Waals surface area (Å²) in [5.74, 6) is 1.28. The van der Waals surface area contributed by atoms with Gasteiger partial charge < -0.3 is 14.2 Å². The molecule has 0 amide bonds. The zero-order valence-electron chi connectivity index (χ0n) is 12.0. The first-order valence-electron chi connectivity index (χ1n) is 6.24. The summed E-state index contributed by atoms with van der Waals surface area (Å²) in [6, 6.07) is 8.73. The highest BCUT2D eigenvalue weighted by Crippen LogP contribution is 2.46. The summed E-state index contributed by atoms with van der Waals surface area (Å²) >= 11 is 0. The van der Waals surface area contributed by atoms with E-state index in [9.17, 15) is 5.11 Å². The zero-order chi connectivity index (χ0) is 14.7. The molecule has 0 N–H and O–H groups in total. The standard InChI is InChI=1S/C16H17O4/c1-10-5-7-13(11(2)9-10)20-15-12(17)6-8-14(18-3)16(15)19-4/h5-9H,1-4H3. The van der Waals surface area contributed by atoms with Crippen molar-refractivity contribution in [2.45, 2.75) is 13.8 Å². The van der Waals surface area contributed by atoms with Gasteiger partial charge in [-0.3, -0.25) is 5.11 Å². The fourth-order valence-electron chi connectivity index (χ4n) is 2.00. The van der Waals surface area contributed by atoms with E-state index in [0.717, 1.165) is 11.1 Å². The van der Waals surface area contributed by atoms with Crippen LogP contribution in [0.15, 0.2) is 30.3 Å². The van der Waals surface area contributed by atoms with E-state index in [2.05, 4.69) is 0 Å². The number of hydrogen-bond donors (Lipinski definition) is 0. The van der Waals surface area contributed by atoms with Gasteiger partial charge in [-0.1, -0.05) is 17.7 Å². The molecule has 1 radical (unpaired) electrons. The first kappa shape index (κ1) is 14.1. The van der Waals surface area contributed by atoms with Crippen molar-refractivity contribution < 1.29 is 19.3 Å². The second-order valence-electron chi connectivity index (χ2n) is 4.50. The number of rotatable bonds is 4. The molecule has 0 unspecified atom stereocenters. The molecule has 20 heavy (non-hydrogen) atoms. The minimum absolute atomic E-state index is 0.138. The lowest BCUT2D eigenvalue weighted by Crippen LogP contribution is -1.95. The number of hydrogen-bond acceptors (Lipinski definition) is 3. The van der Waals surface area contributed by atoms with E-state index in [0.29, 0.717) is 17.2 Å². The van der Waals surface area contributed by atoms with E-state index >= 15 is 0 Å². The molecule has 0 bridgehead atoms. The van der Waals surface area contributed by atoms with Crippen LogP contribution in [0, 0.1) is 13.8 Å². The van der Waals surface area contributed by atoms with Crippen molar-refractivity contribution in [2.24, 2.45) is 0 Å². The van der Waals surface area contributed by atoms with Crippen LogP contribution < -0.4 is 14.2 Å². The Hall–Kier alpha value is -2.36. The van der Waals surface area contributed by atoms with Crippen molar-refractivity contribution in [3.8, 4) is 28.7 Å². The molecular weight excluding hydrogens is 256 g/mol. The van der Waals surface area contributed by atoms with Crippen molar-refractivity contribution in [3.05, 3.63) is 41.5 Å². The monoisotopic (exact) mass is 273 g/mol. The van der Waals surface area contributed by atoms with E-state index in [1.165, 1.54) is 20.3 Å². The molecule has 0 spiro atoms. The average molecular weight is 273 g/mol. The first-order chi connectivity index (χ1) is 9.56. The zero-order valence-corrected chi connectivity index (χ0v) is 12.0. The molecule has 4 nitrogen and oxygen atoms in total. The Morgan fingerprint density at radius 2 is 1.55 bits per heavy atom. The van der Waals surface area contributed by atoms with Crippen LogP contribution in [0.3, 0.4) is 0 Å². The fourth-order valence-corrected chi connectivity index (χ4v) is 2.00. The first-order valence-corrected chi connectivity index (χ1v) is 6.24. The molecule has 2 rings (SSSR count). The molecule has 2 aromatic carbocycles.